The van der Waals surface area contributed by atoms with Gasteiger partial charge in [-0.05, 0) is 48.0 Å². The molecule has 0 amide bonds. The molecular formula is C17H19IN6O. The van der Waals surface area contributed by atoms with Crippen molar-refractivity contribution in [1.29, 1.82) is 0 Å². The van der Waals surface area contributed by atoms with Crippen LogP contribution in [0, 0.1) is 0 Å². The van der Waals surface area contributed by atoms with Gasteiger partial charge in [-0.25, -0.2) is 14.7 Å². The number of aromatic nitrogens is 3. The summed E-state index contributed by atoms with van der Waals surface area (Å²) in [4.78, 5) is 8.64. The van der Waals surface area contributed by atoms with E-state index in [1.165, 1.54) is 0 Å². The number of hydrogen-bond acceptors (Lipinski definition) is 4. The van der Waals surface area contributed by atoms with Crippen molar-refractivity contribution in [3.05, 3.63) is 66.6 Å². The Morgan fingerprint density at radius 1 is 1.24 bits per heavy atom. The molecule has 3 aromatic rings. The molecule has 0 unspecified atom stereocenters. The minimum absolute atomic E-state index is 0. The summed E-state index contributed by atoms with van der Waals surface area (Å²) >= 11 is 0. The number of nitrogens with one attached hydrogen (secondary N) is 1. The van der Waals surface area contributed by atoms with Crippen molar-refractivity contribution in [2.45, 2.75) is 6.54 Å². The molecule has 0 aliphatic rings. The summed E-state index contributed by atoms with van der Waals surface area (Å²) in [6, 6.07) is 13.1. The van der Waals surface area contributed by atoms with Crippen LogP contribution in [-0.2, 0) is 6.54 Å². The minimum atomic E-state index is 0. The summed E-state index contributed by atoms with van der Waals surface area (Å²) in [5.41, 5.74) is 7.78. The normalized spacial score (nSPS) is 10.8. The Labute approximate surface area is 163 Å². The molecule has 7 nitrogen and oxygen atoms in total. The van der Waals surface area contributed by atoms with Gasteiger partial charge in [-0.1, -0.05) is 0 Å². The third-order valence-electron chi connectivity index (χ3n) is 3.34. The number of nitrogens with zero attached hydrogens (tertiary/aromatic N) is 4. The van der Waals surface area contributed by atoms with Gasteiger partial charge in [0.2, 0.25) is 0 Å². The lowest BCUT2D eigenvalue weighted by Crippen LogP contribution is -2.22. The molecular weight excluding hydrogens is 431 g/mol. The van der Waals surface area contributed by atoms with Gasteiger partial charge in [0.25, 0.3) is 0 Å². The molecule has 2 aromatic heterocycles. The molecule has 1 aromatic carbocycles. The Hall–Kier alpha value is -2.62. The van der Waals surface area contributed by atoms with Crippen LogP contribution in [0.1, 0.15) is 5.56 Å². The van der Waals surface area contributed by atoms with E-state index in [4.69, 9.17) is 10.5 Å². The van der Waals surface area contributed by atoms with Gasteiger partial charge < -0.3 is 15.8 Å². The van der Waals surface area contributed by atoms with E-state index in [0.29, 0.717) is 12.5 Å². The van der Waals surface area contributed by atoms with Gasteiger partial charge in [-0.2, -0.15) is 5.10 Å². The quantitative estimate of drug-likeness (QED) is 0.355. The number of anilines is 1. The number of guanidine groups is 1. The zero-order valence-corrected chi connectivity index (χ0v) is 16.0. The molecule has 3 N–H and O–H groups in total. The van der Waals surface area contributed by atoms with Crippen molar-refractivity contribution in [3.8, 4) is 11.6 Å². The maximum Gasteiger partial charge on any atom is 0.193 e. The average Bonchev–Trinajstić information content (AvgIpc) is 3.16. The van der Waals surface area contributed by atoms with Crippen LogP contribution in [0.25, 0.3) is 5.82 Å². The van der Waals surface area contributed by atoms with Gasteiger partial charge >= 0.3 is 0 Å². The zero-order chi connectivity index (χ0) is 16.8. The lowest BCUT2D eigenvalue weighted by molar-refractivity contribution is 0.415. The second kappa shape index (κ2) is 9.02. The Bertz CT molecular complexity index is 817. The van der Waals surface area contributed by atoms with Gasteiger partial charge in [0, 0.05) is 24.3 Å². The van der Waals surface area contributed by atoms with E-state index in [0.717, 1.165) is 22.8 Å². The van der Waals surface area contributed by atoms with Crippen LogP contribution in [0.5, 0.6) is 5.75 Å². The van der Waals surface area contributed by atoms with Gasteiger partial charge in [-0.15, -0.1) is 24.0 Å². The topological polar surface area (TPSA) is 90.4 Å². The molecule has 0 bridgehead atoms. The first-order chi connectivity index (χ1) is 11.7. The predicted molar refractivity (Wildman–Crippen MR) is 109 cm³/mol. The minimum Gasteiger partial charge on any atom is -0.497 e. The van der Waals surface area contributed by atoms with Crippen LogP contribution in [0.3, 0.4) is 0 Å². The van der Waals surface area contributed by atoms with E-state index in [1.807, 2.05) is 48.7 Å². The van der Waals surface area contributed by atoms with Gasteiger partial charge in [-0.3, -0.25) is 0 Å². The molecule has 3 rings (SSSR count). The summed E-state index contributed by atoms with van der Waals surface area (Å²) < 4.78 is 6.82. The molecule has 130 valence electrons. The molecule has 2 heterocycles. The van der Waals surface area contributed by atoms with Crippen molar-refractivity contribution >= 4 is 35.6 Å². The molecule has 0 aliphatic heterocycles. The van der Waals surface area contributed by atoms with Crippen molar-refractivity contribution in [2.24, 2.45) is 10.7 Å². The molecule has 0 atom stereocenters. The number of hydrogen-bond donors (Lipinski definition) is 2. The molecule has 0 spiro atoms. The highest BCUT2D eigenvalue weighted by Crippen LogP contribution is 2.14. The smallest absolute Gasteiger partial charge is 0.193 e. The monoisotopic (exact) mass is 450 g/mol. The van der Waals surface area contributed by atoms with E-state index in [2.05, 4.69) is 20.4 Å². The second-order valence-corrected chi connectivity index (χ2v) is 5.03. The van der Waals surface area contributed by atoms with Crippen LogP contribution in [0.2, 0.25) is 0 Å². The third-order valence-corrected chi connectivity index (χ3v) is 3.34. The van der Waals surface area contributed by atoms with E-state index < -0.39 is 0 Å². The lowest BCUT2D eigenvalue weighted by atomic mass is 10.2. The zero-order valence-electron chi connectivity index (χ0n) is 13.7. The van der Waals surface area contributed by atoms with Gasteiger partial charge in [0.15, 0.2) is 11.8 Å². The first-order valence-corrected chi connectivity index (χ1v) is 7.40. The Kier molecular flexibility index (Phi) is 6.75. The van der Waals surface area contributed by atoms with Crippen LogP contribution >= 0.6 is 24.0 Å². The van der Waals surface area contributed by atoms with Crippen molar-refractivity contribution in [1.82, 2.24) is 14.8 Å². The molecule has 0 radical (unpaired) electrons. The third kappa shape index (κ3) is 5.18. The van der Waals surface area contributed by atoms with Gasteiger partial charge in [0.1, 0.15) is 5.75 Å². The van der Waals surface area contributed by atoms with E-state index in [-0.39, 0.29) is 24.0 Å². The number of ether oxygens (including phenoxy) is 1. The SMILES string of the molecule is COc1ccc(NC(N)=NCc2ccnc(-n3cccn3)c2)cc1.I. The predicted octanol–water partition coefficient (Wildman–Crippen LogP) is 2.82. The largest absolute Gasteiger partial charge is 0.497 e. The van der Waals surface area contributed by atoms with Crippen LogP contribution in [0.4, 0.5) is 5.69 Å². The fourth-order valence-electron chi connectivity index (χ4n) is 2.13. The van der Waals surface area contributed by atoms with Crippen LogP contribution in [-0.4, -0.2) is 27.8 Å². The molecule has 0 fully saturated rings. The van der Waals surface area contributed by atoms with Gasteiger partial charge in [0.05, 0.1) is 13.7 Å². The first-order valence-electron chi connectivity index (χ1n) is 7.40. The highest BCUT2D eigenvalue weighted by Gasteiger charge is 2.01. The van der Waals surface area contributed by atoms with E-state index in [9.17, 15) is 0 Å². The fraction of sp³-hybridized carbons (Fsp3) is 0.118. The number of methoxy groups -OCH3 is 1. The van der Waals surface area contributed by atoms with E-state index >= 15 is 0 Å². The second-order valence-electron chi connectivity index (χ2n) is 5.03. The average molecular weight is 450 g/mol. The fourth-order valence-corrected chi connectivity index (χ4v) is 2.13. The number of nitrogens with two attached hydrogens (primary N) is 1. The highest BCUT2D eigenvalue weighted by molar-refractivity contribution is 14.0. The summed E-state index contributed by atoms with van der Waals surface area (Å²) in [6.45, 7) is 0.450. The Morgan fingerprint density at radius 3 is 2.72 bits per heavy atom. The molecule has 0 aliphatic carbocycles. The molecule has 25 heavy (non-hydrogen) atoms. The maximum absolute atomic E-state index is 5.93. The highest BCUT2D eigenvalue weighted by atomic mass is 127. The molecule has 0 saturated heterocycles. The summed E-state index contributed by atoms with van der Waals surface area (Å²) in [5, 5.41) is 7.21. The maximum atomic E-state index is 5.93. The number of halogens is 1. The number of benzene rings is 1. The summed E-state index contributed by atoms with van der Waals surface area (Å²) in [5.74, 6) is 1.88. The molecule has 0 saturated carbocycles. The molecule has 8 heteroatoms. The summed E-state index contributed by atoms with van der Waals surface area (Å²) in [6.07, 6.45) is 5.28. The Morgan fingerprint density at radius 2 is 2.04 bits per heavy atom. The van der Waals surface area contributed by atoms with Crippen LogP contribution in [0.15, 0.2) is 66.0 Å². The van der Waals surface area contributed by atoms with E-state index in [1.54, 1.807) is 24.2 Å². The van der Waals surface area contributed by atoms with Crippen molar-refractivity contribution < 1.29 is 4.74 Å². The van der Waals surface area contributed by atoms with Crippen molar-refractivity contribution in [2.75, 3.05) is 12.4 Å². The standard InChI is InChI=1S/C17H18N6O.HI/c1-24-15-5-3-14(4-6-15)22-17(18)20-12-13-7-9-19-16(11-13)23-10-2-8-21-23;/h2-11H,12H2,1H3,(H3,18,20,22);1H. The summed E-state index contributed by atoms with van der Waals surface area (Å²) in [7, 11) is 1.63. The Balaban J connectivity index is 0.00000225. The van der Waals surface area contributed by atoms with Crippen LogP contribution < -0.4 is 15.8 Å². The number of rotatable bonds is 5. The number of aliphatic imine (C=N–C) groups is 1. The first kappa shape index (κ1) is 18.7. The number of pyridine rings is 1. The van der Waals surface area contributed by atoms with Crippen molar-refractivity contribution in [3.63, 3.8) is 0 Å². The lowest BCUT2D eigenvalue weighted by Gasteiger charge is -2.07.